The van der Waals surface area contributed by atoms with E-state index in [2.05, 4.69) is 5.32 Å². The van der Waals surface area contributed by atoms with Gasteiger partial charge in [0.25, 0.3) is 0 Å². The van der Waals surface area contributed by atoms with Crippen LogP contribution >= 0.6 is 0 Å². The van der Waals surface area contributed by atoms with Crippen LogP contribution in [0.15, 0.2) is 48.5 Å². The molecule has 1 fully saturated rings. The molecule has 0 atom stereocenters. The fourth-order valence-corrected chi connectivity index (χ4v) is 2.88. The second-order valence-electron chi connectivity index (χ2n) is 5.91. The van der Waals surface area contributed by atoms with Gasteiger partial charge in [-0.1, -0.05) is 18.2 Å². The molecule has 1 saturated carbocycles. The highest BCUT2D eigenvalue weighted by Gasteiger charge is 2.16. The Kier molecular flexibility index (Phi) is 4.91. The van der Waals surface area contributed by atoms with E-state index in [0.717, 1.165) is 18.6 Å². The highest BCUT2D eigenvalue weighted by atomic mass is 19.1. The standard InChI is InChI=1S/C19H20FNO2/c20-15-6-3-5-14(11-15)12-19(22)21-16-7-4-10-18(13-16)23-17-8-1-2-9-17/h3-7,10-11,13,17H,1-2,8-9,12H2,(H,21,22). The van der Waals surface area contributed by atoms with Crippen molar-refractivity contribution >= 4 is 11.6 Å². The Bertz CT molecular complexity index is 681. The van der Waals surface area contributed by atoms with Crippen LogP contribution in [0.4, 0.5) is 10.1 Å². The van der Waals surface area contributed by atoms with Crippen LogP contribution in [0.25, 0.3) is 0 Å². The summed E-state index contributed by atoms with van der Waals surface area (Å²) < 4.78 is 19.1. The minimum atomic E-state index is -0.331. The highest BCUT2D eigenvalue weighted by Crippen LogP contribution is 2.25. The molecule has 0 heterocycles. The number of carbonyl (C=O) groups is 1. The zero-order chi connectivity index (χ0) is 16.1. The summed E-state index contributed by atoms with van der Waals surface area (Å²) in [4.78, 5) is 12.1. The first kappa shape index (κ1) is 15.5. The summed E-state index contributed by atoms with van der Waals surface area (Å²) in [5.74, 6) is 0.274. The maximum Gasteiger partial charge on any atom is 0.228 e. The first-order chi connectivity index (χ1) is 11.2. The zero-order valence-electron chi connectivity index (χ0n) is 12.9. The Balaban J connectivity index is 1.59. The molecule has 120 valence electrons. The predicted octanol–water partition coefficient (Wildman–Crippen LogP) is 4.33. The second-order valence-corrected chi connectivity index (χ2v) is 5.91. The van der Waals surface area contributed by atoms with Crippen LogP contribution in [-0.4, -0.2) is 12.0 Å². The Morgan fingerprint density at radius 1 is 1.13 bits per heavy atom. The fourth-order valence-electron chi connectivity index (χ4n) is 2.88. The van der Waals surface area contributed by atoms with Gasteiger partial charge in [0.1, 0.15) is 11.6 Å². The topological polar surface area (TPSA) is 38.3 Å². The van der Waals surface area contributed by atoms with Gasteiger partial charge in [0, 0.05) is 11.8 Å². The van der Waals surface area contributed by atoms with E-state index in [0.29, 0.717) is 11.3 Å². The summed E-state index contributed by atoms with van der Waals surface area (Å²) in [5.41, 5.74) is 1.35. The van der Waals surface area contributed by atoms with E-state index in [4.69, 9.17) is 4.74 Å². The minimum Gasteiger partial charge on any atom is -0.490 e. The molecule has 0 radical (unpaired) electrons. The van der Waals surface area contributed by atoms with E-state index in [1.54, 1.807) is 12.1 Å². The maximum atomic E-state index is 13.1. The number of ether oxygens (including phenoxy) is 1. The third-order valence-corrected chi connectivity index (χ3v) is 3.98. The van der Waals surface area contributed by atoms with Crippen molar-refractivity contribution in [2.24, 2.45) is 0 Å². The lowest BCUT2D eigenvalue weighted by molar-refractivity contribution is -0.115. The number of anilines is 1. The van der Waals surface area contributed by atoms with E-state index in [1.807, 2.05) is 24.3 Å². The number of hydrogen-bond acceptors (Lipinski definition) is 2. The molecule has 2 aromatic carbocycles. The summed E-state index contributed by atoms with van der Waals surface area (Å²) >= 11 is 0. The molecule has 2 aromatic rings. The van der Waals surface area contributed by atoms with Crippen LogP contribution in [-0.2, 0) is 11.2 Å². The molecule has 0 aromatic heterocycles. The summed E-state index contributed by atoms with van der Waals surface area (Å²) in [6, 6.07) is 13.5. The number of nitrogens with one attached hydrogen (secondary N) is 1. The Labute approximate surface area is 135 Å². The van der Waals surface area contributed by atoms with Crippen LogP contribution < -0.4 is 10.1 Å². The van der Waals surface area contributed by atoms with Gasteiger partial charge in [0.15, 0.2) is 0 Å². The molecule has 0 spiro atoms. The third-order valence-electron chi connectivity index (χ3n) is 3.98. The number of benzene rings is 2. The van der Waals surface area contributed by atoms with Crippen molar-refractivity contribution < 1.29 is 13.9 Å². The lowest BCUT2D eigenvalue weighted by Gasteiger charge is -2.14. The molecule has 3 rings (SSSR count). The quantitative estimate of drug-likeness (QED) is 0.892. The van der Waals surface area contributed by atoms with Crippen LogP contribution in [0, 0.1) is 5.82 Å². The average molecular weight is 313 g/mol. The van der Waals surface area contributed by atoms with Crippen LogP contribution in [0.2, 0.25) is 0 Å². The van der Waals surface area contributed by atoms with E-state index in [9.17, 15) is 9.18 Å². The SMILES string of the molecule is O=C(Cc1cccc(F)c1)Nc1cccc(OC2CCCC2)c1. The van der Waals surface area contributed by atoms with Crippen molar-refractivity contribution in [2.75, 3.05) is 5.32 Å². The molecule has 1 N–H and O–H groups in total. The molecule has 0 bridgehead atoms. The Morgan fingerprint density at radius 3 is 2.70 bits per heavy atom. The van der Waals surface area contributed by atoms with Crippen LogP contribution in [0.3, 0.4) is 0 Å². The summed E-state index contributed by atoms with van der Waals surface area (Å²) in [5, 5.41) is 2.83. The molecular weight excluding hydrogens is 293 g/mol. The van der Waals surface area contributed by atoms with Crippen molar-refractivity contribution in [1.82, 2.24) is 0 Å². The molecule has 0 saturated heterocycles. The lowest BCUT2D eigenvalue weighted by atomic mass is 10.1. The summed E-state index contributed by atoms with van der Waals surface area (Å²) in [6.45, 7) is 0. The van der Waals surface area contributed by atoms with E-state index in [-0.39, 0.29) is 24.2 Å². The van der Waals surface area contributed by atoms with Crippen molar-refractivity contribution in [3.8, 4) is 5.75 Å². The fraction of sp³-hybridized carbons (Fsp3) is 0.316. The first-order valence-electron chi connectivity index (χ1n) is 8.00. The molecule has 3 nitrogen and oxygen atoms in total. The van der Waals surface area contributed by atoms with Crippen molar-refractivity contribution in [2.45, 2.75) is 38.2 Å². The molecule has 0 aliphatic heterocycles. The number of carbonyl (C=O) groups excluding carboxylic acids is 1. The zero-order valence-corrected chi connectivity index (χ0v) is 12.9. The van der Waals surface area contributed by atoms with E-state index < -0.39 is 0 Å². The Morgan fingerprint density at radius 2 is 1.91 bits per heavy atom. The van der Waals surface area contributed by atoms with Gasteiger partial charge in [-0.25, -0.2) is 4.39 Å². The molecule has 1 amide bonds. The third kappa shape index (κ3) is 4.55. The van der Waals surface area contributed by atoms with E-state index >= 15 is 0 Å². The van der Waals surface area contributed by atoms with Crippen molar-refractivity contribution in [3.05, 3.63) is 59.9 Å². The predicted molar refractivity (Wildman–Crippen MR) is 88.1 cm³/mol. The van der Waals surface area contributed by atoms with Gasteiger partial charge in [0.2, 0.25) is 5.91 Å². The van der Waals surface area contributed by atoms with Gasteiger partial charge in [-0.3, -0.25) is 4.79 Å². The lowest BCUT2D eigenvalue weighted by Crippen LogP contribution is -2.15. The molecule has 1 aliphatic carbocycles. The van der Waals surface area contributed by atoms with Gasteiger partial charge in [-0.15, -0.1) is 0 Å². The monoisotopic (exact) mass is 313 g/mol. The summed E-state index contributed by atoms with van der Waals surface area (Å²) in [7, 11) is 0. The van der Waals surface area contributed by atoms with Gasteiger partial charge in [0.05, 0.1) is 12.5 Å². The number of rotatable bonds is 5. The molecular formula is C19H20FNO2. The minimum absolute atomic E-state index is 0.144. The number of amides is 1. The van der Waals surface area contributed by atoms with Crippen LogP contribution in [0.5, 0.6) is 5.75 Å². The molecule has 0 unspecified atom stereocenters. The second kappa shape index (κ2) is 7.27. The van der Waals surface area contributed by atoms with Gasteiger partial charge < -0.3 is 10.1 Å². The highest BCUT2D eigenvalue weighted by molar-refractivity contribution is 5.92. The number of halogens is 1. The summed E-state index contributed by atoms with van der Waals surface area (Å²) in [6.07, 6.45) is 5.05. The van der Waals surface area contributed by atoms with Gasteiger partial charge in [-0.2, -0.15) is 0 Å². The largest absolute Gasteiger partial charge is 0.490 e. The molecule has 23 heavy (non-hydrogen) atoms. The molecule has 1 aliphatic rings. The van der Waals surface area contributed by atoms with Crippen molar-refractivity contribution in [1.29, 1.82) is 0 Å². The first-order valence-corrected chi connectivity index (χ1v) is 8.00. The molecule has 4 heteroatoms. The van der Waals surface area contributed by atoms with Crippen molar-refractivity contribution in [3.63, 3.8) is 0 Å². The number of hydrogen-bond donors (Lipinski definition) is 1. The van der Waals surface area contributed by atoms with Gasteiger partial charge in [-0.05, 0) is 55.5 Å². The van der Waals surface area contributed by atoms with Gasteiger partial charge >= 0.3 is 0 Å². The van der Waals surface area contributed by atoms with Crippen LogP contribution in [0.1, 0.15) is 31.2 Å². The smallest absolute Gasteiger partial charge is 0.228 e. The Hall–Kier alpha value is -2.36. The van der Waals surface area contributed by atoms with E-state index in [1.165, 1.54) is 25.0 Å². The average Bonchev–Trinajstić information content (AvgIpc) is 3.00. The normalized spacial score (nSPS) is 14.7. The maximum absolute atomic E-state index is 13.1.